The molecular formula is C25H34O6. The summed E-state index contributed by atoms with van der Waals surface area (Å²) in [6.07, 6.45) is 5.65. The van der Waals surface area contributed by atoms with E-state index in [-0.39, 0.29) is 26.4 Å². The maximum absolute atomic E-state index is 12.7. The van der Waals surface area contributed by atoms with Crippen LogP contribution in [0.2, 0.25) is 0 Å². The van der Waals surface area contributed by atoms with Gasteiger partial charge in [-0.05, 0) is 41.8 Å². The zero-order valence-corrected chi connectivity index (χ0v) is 18.3. The lowest BCUT2D eigenvalue weighted by Gasteiger charge is -2.31. The number of aliphatic hydroxyl groups is 2. The molecule has 6 heteroatoms. The predicted molar refractivity (Wildman–Crippen MR) is 120 cm³/mol. The van der Waals surface area contributed by atoms with Crippen LogP contribution in [0, 0.1) is 0 Å². The number of rotatable bonds is 15. The quantitative estimate of drug-likeness (QED) is 0.367. The van der Waals surface area contributed by atoms with Gasteiger partial charge in [-0.25, -0.2) is 0 Å². The fourth-order valence-electron chi connectivity index (χ4n) is 3.80. The van der Waals surface area contributed by atoms with Crippen LogP contribution in [0.3, 0.4) is 0 Å². The van der Waals surface area contributed by atoms with Crippen molar-refractivity contribution < 1.29 is 29.6 Å². The molecule has 0 atom stereocenters. The molecule has 0 radical (unpaired) electrons. The Balaban J connectivity index is 2.37. The lowest BCUT2D eigenvalue weighted by Crippen LogP contribution is -2.37. The topological polar surface area (TPSA) is 96.2 Å². The molecule has 0 aliphatic carbocycles. The molecule has 2 rings (SSSR count). The van der Waals surface area contributed by atoms with E-state index in [1.165, 1.54) is 0 Å². The van der Waals surface area contributed by atoms with Crippen molar-refractivity contribution in [2.75, 3.05) is 26.4 Å². The highest BCUT2D eigenvalue weighted by atomic mass is 16.5. The molecule has 0 aromatic heterocycles. The fraction of sp³-hybridized carbons (Fsp3) is 0.480. The summed E-state index contributed by atoms with van der Waals surface area (Å²) in [6.45, 7) is 2.38. The van der Waals surface area contributed by atoms with E-state index >= 15 is 0 Å². The number of benzene rings is 2. The van der Waals surface area contributed by atoms with Gasteiger partial charge < -0.3 is 24.8 Å². The lowest BCUT2D eigenvalue weighted by molar-refractivity contribution is -0.142. The Labute approximate surface area is 184 Å². The number of ether oxygens (including phenoxy) is 2. The molecular weight excluding hydrogens is 396 g/mol. The van der Waals surface area contributed by atoms with Crippen molar-refractivity contribution >= 4 is 5.97 Å². The van der Waals surface area contributed by atoms with Crippen molar-refractivity contribution in [3.8, 4) is 11.5 Å². The molecule has 2 aromatic carbocycles. The smallest absolute Gasteiger partial charge is 0.318 e. The minimum absolute atomic E-state index is 0.0801. The molecule has 0 amide bonds. The average molecular weight is 431 g/mol. The number of unbranched alkanes of at least 4 members (excludes halogenated alkanes) is 4. The minimum Gasteiger partial charge on any atom is -0.491 e. The van der Waals surface area contributed by atoms with Gasteiger partial charge in [-0.3, -0.25) is 4.79 Å². The monoisotopic (exact) mass is 430 g/mol. The first kappa shape index (κ1) is 24.7. The van der Waals surface area contributed by atoms with Gasteiger partial charge in [0, 0.05) is 0 Å². The molecule has 0 aliphatic rings. The first-order chi connectivity index (χ1) is 15.1. The largest absolute Gasteiger partial charge is 0.491 e. The van der Waals surface area contributed by atoms with Gasteiger partial charge in [-0.2, -0.15) is 0 Å². The van der Waals surface area contributed by atoms with Crippen LogP contribution in [0.25, 0.3) is 0 Å². The van der Waals surface area contributed by atoms with Gasteiger partial charge in [-0.15, -0.1) is 0 Å². The van der Waals surface area contributed by atoms with E-state index in [2.05, 4.69) is 6.92 Å². The summed E-state index contributed by atoms with van der Waals surface area (Å²) in [6, 6.07) is 14.2. The normalized spacial score (nSPS) is 11.3. The molecule has 0 unspecified atom stereocenters. The number of hydrogen-bond donors (Lipinski definition) is 3. The van der Waals surface area contributed by atoms with Crippen LogP contribution >= 0.6 is 0 Å². The first-order valence-electron chi connectivity index (χ1n) is 11.0. The molecule has 3 N–H and O–H groups in total. The Kier molecular flexibility index (Phi) is 10.3. The molecule has 0 spiro atoms. The van der Waals surface area contributed by atoms with Crippen LogP contribution < -0.4 is 9.47 Å². The standard InChI is InChI=1S/C25H34O6/c1-2-3-4-5-6-15-25(24(28)29,20-7-11-22(12-8-20)30-18-16-26)21-9-13-23(14-10-21)31-19-17-27/h7-14,26-27H,2-6,15-19H2,1H3,(H,28,29). The molecule has 0 saturated carbocycles. The third kappa shape index (κ3) is 6.71. The molecule has 6 nitrogen and oxygen atoms in total. The van der Waals surface area contributed by atoms with Crippen LogP contribution in [0.15, 0.2) is 48.5 Å². The highest BCUT2D eigenvalue weighted by Crippen LogP contribution is 2.39. The zero-order valence-electron chi connectivity index (χ0n) is 18.3. The molecule has 0 heterocycles. The van der Waals surface area contributed by atoms with Gasteiger partial charge in [0.05, 0.1) is 13.2 Å². The van der Waals surface area contributed by atoms with E-state index < -0.39 is 11.4 Å². The Hall–Kier alpha value is -2.57. The van der Waals surface area contributed by atoms with Crippen LogP contribution in [0.5, 0.6) is 11.5 Å². The predicted octanol–water partition coefficient (Wildman–Crippen LogP) is 4.16. The van der Waals surface area contributed by atoms with Crippen LogP contribution in [-0.4, -0.2) is 47.7 Å². The van der Waals surface area contributed by atoms with Crippen molar-refractivity contribution in [3.63, 3.8) is 0 Å². The molecule has 2 aromatic rings. The molecule has 170 valence electrons. The lowest BCUT2D eigenvalue weighted by atomic mass is 9.71. The molecule has 0 aliphatic heterocycles. The van der Waals surface area contributed by atoms with E-state index in [0.717, 1.165) is 32.1 Å². The van der Waals surface area contributed by atoms with Crippen molar-refractivity contribution in [3.05, 3.63) is 59.7 Å². The van der Waals surface area contributed by atoms with E-state index in [0.29, 0.717) is 29.0 Å². The van der Waals surface area contributed by atoms with Gasteiger partial charge in [0.1, 0.15) is 30.1 Å². The number of aliphatic carboxylic acids is 1. The summed E-state index contributed by atoms with van der Waals surface area (Å²) >= 11 is 0. The van der Waals surface area contributed by atoms with Crippen molar-refractivity contribution in [1.82, 2.24) is 0 Å². The summed E-state index contributed by atoms with van der Waals surface area (Å²) in [5, 5.41) is 28.3. The fourth-order valence-corrected chi connectivity index (χ4v) is 3.80. The Morgan fingerprint density at radius 3 is 1.61 bits per heavy atom. The second-order valence-corrected chi connectivity index (χ2v) is 7.57. The highest BCUT2D eigenvalue weighted by Gasteiger charge is 2.41. The van der Waals surface area contributed by atoms with E-state index in [4.69, 9.17) is 19.7 Å². The summed E-state index contributed by atoms with van der Waals surface area (Å²) in [5.41, 5.74) is 0.198. The maximum atomic E-state index is 12.7. The van der Waals surface area contributed by atoms with Crippen LogP contribution in [-0.2, 0) is 10.2 Å². The van der Waals surface area contributed by atoms with Crippen molar-refractivity contribution in [2.24, 2.45) is 0 Å². The molecule has 0 fully saturated rings. The van der Waals surface area contributed by atoms with Crippen molar-refractivity contribution in [2.45, 2.75) is 50.9 Å². The zero-order chi connectivity index (χ0) is 22.5. The van der Waals surface area contributed by atoms with E-state index in [1.807, 2.05) is 0 Å². The Morgan fingerprint density at radius 1 is 0.774 bits per heavy atom. The summed E-state index contributed by atoms with van der Waals surface area (Å²) in [7, 11) is 0. The second kappa shape index (κ2) is 13.0. The SMILES string of the molecule is CCCCCCCC(C(=O)O)(c1ccc(OCCO)cc1)c1ccc(OCCO)cc1. The minimum atomic E-state index is -1.18. The number of carboxylic acid groups (broad SMARTS) is 1. The van der Waals surface area contributed by atoms with Gasteiger partial charge in [-0.1, -0.05) is 63.3 Å². The third-order valence-corrected chi connectivity index (χ3v) is 5.43. The van der Waals surface area contributed by atoms with Crippen molar-refractivity contribution in [1.29, 1.82) is 0 Å². The Bertz CT molecular complexity index is 718. The van der Waals surface area contributed by atoms with E-state index in [9.17, 15) is 9.90 Å². The van der Waals surface area contributed by atoms with Gasteiger partial charge in [0.2, 0.25) is 0 Å². The molecule has 0 saturated heterocycles. The maximum Gasteiger partial charge on any atom is 0.318 e. The second-order valence-electron chi connectivity index (χ2n) is 7.57. The number of carboxylic acids is 1. The third-order valence-electron chi connectivity index (χ3n) is 5.43. The van der Waals surface area contributed by atoms with Gasteiger partial charge in [0.15, 0.2) is 0 Å². The van der Waals surface area contributed by atoms with Crippen LogP contribution in [0.1, 0.15) is 56.6 Å². The molecule has 31 heavy (non-hydrogen) atoms. The average Bonchev–Trinajstić information content (AvgIpc) is 2.79. The Morgan fingerprint density at radius 2 is 1.23 bits per heavy atom. The number of carbonyl (C=O) groups is 1. The highest BCUT2D eigenvalue weighted by molar-refractivity contribution is 5.86. The van der Waals surface area contributed by atoms with E-state index in [1.54, 1.807) is 48.5 Å². The summed E-state index contributed by atoms with van der Waals surface area (Å²) < 4.78 is 10.9. The summed E-state index contributed by atoms with van der Waals surface area (Å²) in [5.74, 6) is 0.289. The molecule has 0 bridgehead atoms. The van der Waals surface area contributed by atoms with Crippen LogP contribution in [0.4, 0.5) is 0 Å². The van der Waals surface area contributed by atoms with Gasteiger partial charge >= 0.3 is 5.97 Å². The number of aliphatic hydroxyl groups excluding tert-OH is 2. The first-order valence-corrected chi connectivity index (χ1v) is 11.0. The summed E-state index contributed by atoms with van der Waals surface area (Å²) in [4.78, 5) is 12.7. The van der Waals surface area contributed by atoms with Gasteiger partial charge in [0.25, 0.3) is 0 Å². The number of hydrogen-bond acceptors (Lipinski definition) is 5.